The minimum Gasteiger partial charge on any atom is -0.376 e. The van der Waals surface area contributed by atoms with Gasteiger partial charge in [-0.15, -0.1) is 0 Å². The fourth-order valence-corrected chi connectivity index (χ4v) is 2.09. The SMILES string of the molecule is CCN(CC)Cc1ccccc1NCC(=O)NC(=O)NCC(F)(F)F. The smallest absolute Gasteiger partial charge is 0.376 e. The highest BCUT2D eigenvalue weighted by molar-refractivity contribution is 5.96. The minimum absolute atomic E-state index is 0.227. The van der Waals surface area contributed by atoms with Gasteiger partial charge in [0.2, 0.25) is 5.91 Å². The molecule has 0 aliphatic carbocycles. The summed E-state index contributed by atoms with van der Waals surface area (Å²) in [6.45, 7) is 4.83. The van der Waals surface area contributed by atoms with Crippen molar-refractivity contribution in [2.75, 3.05) is 31.5 Å². The highest BCUT2D eigenvalue weighted by Crippen LogP contribution is 2.17. The van der Waals surface area contributed by atoms with Crippen LogP contribution < -0.4 is 16.0 Å². The molecule has 0 spiro atoms. The van der Waals surface area contributed by atoms with Gasteiger partial charge in [0, 0.05) is 12.2 Å². The zero-order valence-electron chi connectivity index (χ0n) is 14.2. The molecule has 1 rings (SSSR count). The van der Waals surface area contributed by atoms with Gasteiger partial charge in [0.1, 0.15) is 6.54 Å². The number of carbonyl (C=O) groups is 2. The molecule has 0 aliphatic rings. The zero-order valence-corrected chi connectivity index (χ0v) is 14.2. The van der Waals surface area contributed by atoms with E-state index in [4.69, 9.17) is 0 Å². The molecule has 1 aromatic carbocycles. The van der Waals surface area contributed by atoms with Crippen LogP contribution in [0.1, 0.15) is 19.4 Å². The number of para-hydroxylation sites is 1. The third-order valence-corrected chi connectivity index (χ3v) is 3.45. The van der Waals surface area contributed by atoms with Crippen molar-refractivity contribution < 1.29 is 22.8 Å². The Morgan fingerprint density at radius 1 is 1.12 bits per heavy atom. The number of hydrogen-bond donors (Lipinski definition) is 3. The second-order valence-corrected chi connectivity index (χ2v) is 5.32. The first-order chi connectivity index (χ1) is 11.7. The predicted molar refractivity (Wildman–Crippen MR) is 89.2 cm³/mol. The predicted octanol–water partition coefficient (Wildman–Crippen LogP) is 2.33. The number of nitrogens with one attached hydrogen (secondary N) is 3. The van der Waals surface area contributed by atoms with Crippen LogP contribution in [0.2, 0.25) is 0 Å². The fourth-order valence-electron chi connectivity index (χ4n) is 2.09. The Morgan fingerprint density at radius 2 is 1.76 bits per heavy atom. The third kappa shape index (κ3) is 8.39. The normalized spacial score (nSPS) is 11.3. The maximum Gasteiger partial charge on any atom is 0.405 e. The van der Waals surface area contributed by atoms with Crippen LogP contribution in [0.25, 0.3) is 0 Å². The molecule has 0 atom stereocenters. The first kappa shape index (κ1) is 20.8. The van der Waals surface area contributed by atoms with Crippen LogP contribution in [0, 0.1) is 0 Å². The van der Waals surface area contributed by atoms with Crippen LogP contribution in [-0.4, -0.2) is 49.2 Å². The van der Waals surface area contributed by atoms with Crippen LogP contribution in [0.5, 0.6) is 0 Å². The molecule has 0 saturated heterocycles. The molecule has 0 fully saturated rings. The van der Waals surface area contributed by atoms with Crippen molar-refractivity contribution in [3.05, 3.63) is 29.8 Å². The van der Waals surface area contributed by atoms with E-state index in [0.29, 0.717) is 6.54 Å². The average molecular weight is 360 g/mol. The molecule has 0 radical (unpaired) electrons. The largest absolute Gasteiger partial charge is 0.405 e. The molecule has 3 N–H and O–H groups in total. The number of alkyl halides is 3. The molecule has 0 saturated carbocycles. The van der Waals surface area contributed by atoms with E-state index in [1.165, 1.54) is 0 Å². The highest BCUT2D eigenvalue weighted by atomic mass is 19.4. The lowest BCUT2D eigenvalue weighted by atomic mass is 10.1. The highest BCUT2D eigenvalue weighted by Gasteiger charge is 2.27. The zero-order chi connectivity index (χ0) is 18.9. The molecular weight excluding hydrogens is 337 g/mol. The van der Waals surface area contributed by atoms with Crippen molar-refractivity contribution in [1.29, 1.82) is 0 Å². The number of imide groups is 1. The second kappa shape index (κ2) is 9.87. The van der Waals surface area contributed by atoms with Gasteiger partial charge in [-0.1, -0.05) is 32.0 Å². The number of amides is 3. The maximum absolute atomic E-state index is 12.0. The topological polar surface area (TPSA) is 73.5 Å². The van der Waals surface area contributed by atoms with Gasteiger partial charge < -0.3 is 10.6 Å². The van der Waals surface area contributed by atoms with Crippen molar-refractivity contribution in [3.8, 4) is 0 Å². The summed E-state index contributed by atoms with van der Waals surface area (Å²) in [5.74, 6) is -0.725. The number of benzene rings is 1. The van der Waals surface area contributed by atoms with Gasteiger partial charge in [-0.05, 0) is 24.7 Å². The molecule has 140 valence electrons. The van der Waals surface area contributed by atoms with E-state index in [0.717, 1.165) is 24.3 Å². The number of halogens is 3. The average Bonchev–Trinajstić information content (AvgIpc) is 2.56. The number of nitrogens with zero attached hydrogens (tertiary/aromatic N) is 1. The van der Waals surface area contributed by atoms with Crippen LogP contribution in [0.15, 0.2) is 24.3 Å². The summed E-state index contributed by atoms with van der Waals surface area (Å²) in [4.78, 5) is 25.1. The molecule has 6 nitrogen and oxygen atoms in total. The number of rotatable bonds is 8. The lowest BCUT2D eigenvalue weighted by Gasteiger charge is -2.20. The van der Waals surface area contributed by atoms with Gasteiger partial charge in [-0.2, -0.15) is 13.2 Å². The number of carbonyl (C=O) groups excluding carboxylic acids is 2. The number of hydrogen-bond acceptors (Lipinski definition) is 4. The summed E-state index contributed by atoms with van der Waals surface area (Å²) in [5.41, 5.74) is 1.72. The maximum atomic E-state index is 12.0. The molecule has 1 aromatic rings. The molecule has 0 heterocycles. The van der Waals surface area contributed by atoms with Crippen molar-refractivity contribution in [2.24, 2.45) is 0 Å². The Bertz CT molecular complexity index is 575. The number of urea groups is 1. The lowest BCUT2D eigenvalue weighted by molar-refractivity contribution is -0.124. The monoisotopic (exact) mass is 360 g/mol. The number of anilines is 1. The van der Waals surface area contributed by atoms with Crippen LogP contribution in [-0.2, 0) is 11.3 Å². The van der Waals surface area contributed by atoms with Gasteiger partial charge >= 0.3 is 12.2 Å². The lowest BCUT2D eigenvalue weighted by Crippen LogP contribution is -2.45. The van der Waals surface area contributed by atoms with E-state index in [1.54, 1.807) is 11.4 Å². The summed E-state index contributed by atoms with van der Waals surface area (Å²) in [7, 11) is 0. The Balaban J connectivity index is 2.52. The van der Waals surface area contributed by atoms with Crippen LogP contribution >= 0.6 is 0 Å². The Labute approximate surface area is 144 Å². The molecule has 3 amide bonds. The summed E-state index contributed by atoms with van der Waals surface area (Å²) < 4.78 is 36.0. The molecular formula is C16H23F3N4O2. The molecule has 0 bridgehead atoms. The van der Waals surface area contributed by atoms with E-state index in [1.807, 2.05) is 37.4 Å². The summed E-state index contributed by atoms with van der Waals surface area (Å²) in [6, 6.07) is 6.24. The van der Waals surface area contributed by atoms with Gasteiger partial charge in [-0.3, -0.25) is 15.0 Å². The minimum atomic E-state index is -4.53. The van der Waals surface area contributed by atoms with Gasteiger partial charge in [-0.25, -0.2) is 4.79 Å². The van der Waals surface area contributed by atoms with Crippen molar-refractivity contribution in [2.45, 2.75) is 26.6 Å². The van der Waals surface area contributed by atoms with Crippen molar-refractivity contribution in [1.82, 2.24) is 15.5 Å². The third-order valence-electron chi connectivity index (χ3n) is 3.45. The molecule has 9 heteroatoms. The first-order valence-corrected chi connectivity index (χ1v) is 7.93. The fraction of sp³-hybridized carbons (Fsp3) is 0.500. The Kier molecular flexibility index (Phi) is 8.20. The molecule has 25 heavy (non-hydrogen) atoms. The quantitative estimate of drug-likeness (QED) is 0.665. The summed E-state index contributed by atoms with van der Waals surface area (Å²) in [5, 5.41) is 6.32. The second-order valence-electron chi connectivity index (χ2n) is 5.32. The van der Waals surface area contributed by atoms with Gasteiger partial charge in [0.05, 0.1) is 6.54 Å². The van der Waals surface area contributed by atoms with E-state index in [2.05, 4.69) is 10.2 Å². The summed E-state index contributed by atoms with van der Waals surface area (Å²) in [6.07, 6.45) is -4.53. The summed E-state index contributed by atoms with van der Waals surface area (Å²) >= 11 is 0. The molecule has 0 aliphatic heterocycles. The Morgan fingerprint density at radius 3 is 2.36 bits per heavy atom. The van der Waals surface area contributed by atoms with E-state index >= 15 is 0 Å². The van der Waals surface area contributed by atoms with Gasteiger partial charge in [0.15, 0.2) is 0 Å². The van der Waals surface area contributed by atoms with Crippen molar-refractivity contribution >= 4 is 17.6 Å². The Hall–Kier alpha value is -2.29. The van der Waals surface area contributed by atoms with E-state index in [9.17, 15) is 22.8 Å². The van der Waals surface area contributed by atoms with Crippen molar-refractivity contribution in [3.63, 3.8) is 0 Å². The first-order valence-electron chi connectivity index (χ1n) is 7.93. The van der Waals surface area contributed by atoms with Crippen LogP contribution in [0.3, 0.4) is 0 Å². The van der Waals surface area contributed by atoms with E-state index in [-0.39, 0.29) is 6.54 Å². The molecule has 0 unspecified atom stereocenters. The molecule has 0 aromatic heterocycles. The standard InChI is InChI=1S/C16H23F3N4O2/c1-3-23(4-2)10-12-7-5-6-8-13(12)20-9-14(24)22-15(25)21-11-16(17,18)19/h5-8,20H,3-4,9-11H2,1-2H3,(H2,21,22,24,25). The van der Waals surface area contributed by atoms with E-state index < -0.39 is 24.7 Å². The van der Waals surface area contributed by atoms with Crippen LogP contribution in [0.4, 0.5) is 23.7 Å². The van der Waals surface area contributed by atoms with Gasteiger partial charge in [0.25, 0.3) is 0 Å².